The number of benzene rings is 2. The fraction of sp³-hybridized carbons (Fsp3) is 0.0833. The van der Waals surface area contributed by atoms with Crippen LogP contribution in [0.1, 0.15) is 11.3 Å². The summed E-state index contributed by atoms with van der Waals surface area (Å²) in [6, 6.07) is 22.5. The molecular formula is C24H20N4O. The fourth-order valence-electron chi connectivity index (χ4n) is 3.63. The maximum Gasteiger partial charge on any atom is 0.150 e. The average Bonchev–Trinajstić information content (AvgIpc) is 3.42. The second kappa shape index (κ2) is 7.28. The van der Waals surface area contributed by atoms with E-state index in [0.717, 1.165) is 39.4 Å². The van der Waals surface area contributed by atoms with Crippen LogP contribution >= 0.6 is 0 Å². The lowest BCUT2D eigenvalue weighted by Gasteiger charge is -2.09. The predicted molar refractivity (Wildman–Crippen MR) is 115 cm³/mol. The smallest absolute Gasteiger partial charge is 0.150 e. The summed E-state index contributed by atoms with van der Waals surface area (Å²) in [7, 11) is 0. The Morgan fingerprint density at radius 2 is 1.76 bits per heavy atom. The van der Waals surface area contributed by atoms with Gasteiger partial charge in [0.15, 0.2) is 5.65 Å². The number of fused-ring (bicyclic) bond motifs is 1. The van der Waals surface area contributed by atoms with Crippen molar-refractivity contribution in [1.82, 2.24) is 14.5 Å². The van der Waals surface area contributed by atoms with Crippen LogP contribution in [0.25, 0.3) is 27.8 Å². The third-order valence-electron chi connectivity index (χ3n) is 5.05. The van der Waals surface area contributed by atoms with Gasteiger partial charge in [-0.3, -0.25) is 0 Å². The third kappa shape index (κ3) is 3.17. The number of anilines is 1. The highest BCUT2D eigenvalue weighted by molar-refractivity contribution is 6.02. The molecule has 5 heteroatoms. The summed E-state index contributed by atoms with van der Waals surface area (Å²) in [6.07, 6.45) is 5.43. The van der Waals surface area contributed by atoms with Gasteiger partial charge in [0, 0.05) is 17.4 Å². The first kappa shape index (κ1) is 17.3. The lowest BCUT2D eigenvalue weighted by atomic mass is 10.1. The van der Waals surface area contributed by atoms with Gasteiger partial charge in [-0.05, 0) is 36.2 Å². The molecular weight excluding hydrogens is 360 g/mol. The summed E-state index contributed by atoms with van der Waals surface area (Å²) < 4.78 is 7.61. The molecule has 3 aromatic heterocycles. The van der Waals surface area contributed by atoms with Gasteiger partial charge >= 0.3 is 0 Å². The molecule has 0 fully saturated rings. The van der Waals surface area contributed by atoms with Crippen molar-refractivity contribution in [2.45, 2.75) is 13.5 Å². The number of aryl methyl sites for hydroxylation is 1. The number of hydrogen-bond acceptors (Lipinski definition) is 4. The molecule has 0 aliphatic heterocycles. The Labute approximate surface area is 168 Å². The number of furan rings is 1. The van der Waals surface area contributed by atoms with Gasteiger partial charge < -0.3 is 14.3 Å². The van der Waals surface area contributed by atoms with Crippen molar-refractivity contribution in [3.63, 3.8) is 0 Å². The van der Waals surface area contributed by atoms with Crippen molar-refractivity contribution in [3.05, 3.63) is 96.8 Å². The van der Waals surface area contributed by atoms with E-state index in [1.807, 2.05) is 42.5 Å². The van der Waals surface area contributed by atoms with E-state index in [4.69, 9.17) is 4.42 Å². The maximum absolute atomic E-state index is 5.46. The molecule has 0 saturated carbocycles. The number of hydrogen-bond donors (Lipinski definition) is 1. The standard InChI is InChI=1S/C24H20N4O/c1-17-8-5-6-12-21(17)28-15-20(18-9-3-2-4-10-18)22-23(26-16-27-24(22)28)25-14-19-11-7-13-29-19/h2-13,15-16H,14H2,1H3,(H,25,26,27). The quantitative estimate of drug-likeness (QED) is 0.431. The van der Waals surface area contributed by atoms with Crippen molar-refractivity contribution in [2.75, 3.05) is 5.32 Å². The van der Waals surface area contributed by atoms with E-state index in [2.05, 4.69) is 57.2 Å². The SMILES string of the molecule is Cc1ccccc1-n1cc(-c2ccccc2)c2c(NCc3ccco3)ncnc21. The molecule has 0 spiro atoms. The Morgan fingerprint density at radius 1 is 0.931 bits per heavy atom. The average molecular weight is 380 g/mol. The molecule has 0 bridgehead atoms. The van der Waals surface area contributed by atoms with E-state index < -0.39 is 0 Å². The molecule has 0 saturated heterocycles. The molecule has 0 amide bonds. The van der Waals surface area contributed by atoms with Crippen LogP contribution in [0.15, 0.2) is 89.9 Å². The highest BCUT2D eigenvalue weighted by Crippen LogP contribution is 2.35. The van der Waals surface area contributed by atoms with Crippen LogP contribution < -0.4 is 5.32 Å². The summed E-state index contributed by atoms with van der Waals surface area (Å²) in [6.45, 7) is 2.67. The van der Waals surface area contributed by atoms with Gasteiger partial charge in [0.2, 0.25) is 0 Å². The zero-order valence-electron chi connectivity index (χ0n) is 16.0. The minimum atomic E-state index is 0.558. The molecule has 29 heavy (non-hydrogen) atoms. The molecule has 142 valence electrons. The Kier molecular flexibility index (Phi) is 4.33. The third-order valence-corrected chi connectivity index (χ3v) is 5.05. The number of nitrogens with zero attached hydrogens (tertiary/aromatic N) is 3. The minimum absolute atomic E-state index is 0.558. The fourth-order valence-corrected chi connectivity index (χ4v) is 3.63. The molecule has 0 aliphatic carbocycles. The molecule has 1 N–H and O–H groups in total. The van der Waals surface area contributed by atoms with Crippen LogP contribution in [-0.2, 0) is 6.54 Å². The monoisotopic (exact) mass is 380 g/mol. The molecule has 0 aliphatic rings. The van der Waals surface area contributed by atoms with Crippen LogP contribution in [0.2, 0.25) is 0 Å². The highest BCUT2D eigenvalue weighted by Gasteiger charge is 2.18. The van der Waals surface area contributed by atoms with Gasteiger partial charge in [0.1, 0.15) is 17.9 Å². The molecule has 0 unspecified atom stereocenters. The van der Waals surface area contributed by atoms with Gasteiger partial charge in [-0.15, -0.1) is 0 Å². The summed E-state index contributed by atoms with van der Waals surface area (Å²) in [4.78, 5) is 9.18. The van der Waals surface area contributed by atoms with E-state index in [9.17, 15) is 0 Å². The van der Waals surface area contributed by atoms with Crippen molar-refractivity contribution < 1.29 is 4.42 Å². The van der Waals surface area contributed by atoms with E-state index in [1.165, 1.54) is 5.56 Å². The largest absolute Gasteiger partial charge is 0.467 e. The van der Waals surface area contributed by atoms with Crippen LogP contribution in [0.5, 0.6) is 0 Å². The number of aromatic nitrogens is 3. The van der Waals surface area contributed by atoms with E-state index in [0.29, 0.717) is 6.54 Å². The van der Waals surface area contributed by atoms with Crippen LogP contribution in [0.4, 0.5) is 5.82 Å². The number of nitrogens with one attached hydrogen (secondary N) is 1. The van der Waals surface area contributed by atoms with Crippen molar-refractivity contribution in [3.8, 4) is 16.8 Å². The molecule has 5 rings (SSSR count). The first-order valence-electron chi connectivity index (χ1n) is 9.55. The lowest BCUT2D eigenvalue weighted by Crippen LogP contribution is -2.02. The molecule has 0 atom stereocenters. The van der Waals surface area contributed by atoms with Crippen LogP contribution in [0.3, 0.4) is 0 Å². The zero-order chi connectivity index (χ0) is 19.6. The zero-order valence-corrected chi connectivity index (χ0v) is 16.0. The minimum Gasteiger partial charge on any atom is -0.467 e. The van der Waals surface area contributed by atoms with Gasteiger partial charge in [0.25, 0.3) is 0 Å². The van der Waals surface area contributed by atoms with Gasteiger partial charge in [0.05, 0.1) is 18.2 Å². The Hall–Kier alpha value is -3.86. The van der Waals surface area contributed by atoms with Gasteiger partial charge in [-0.25, -0.2) is 9.97 Å². The van der Waals surface area contributed by atoms with Gasteiger partial charge in [-0.1, -0.05) is 48.5 Å². The molecule has 5 aromatic rings. The van der Waals surface area contributed by atoms with E-state index >= 15 is 0 Å². The van der Waals surface area contributed by atoms with Crippen molar-refractivity contribution in [1.29, 1.82) is 0 Å². The normalized spacial score (nSPS) is 11.1. The first-order chi connectivity index (χ1) is 14.3. The maximum atomic E-state index is 5.46. The summed E-state index contributed by atoms with van der Waals surface area (Å²) in [5.41, 5.74) is 5.38. The topological polar surface area (TPSA) is 55.9 Å². The number of para-hydroxylation sites is 1. The second-order valence-electron chi connectivity index (χ2n) is 6.92. The predicted octanol–water partition coefficient (Wildman–Crippen LogP) is 5.60. The van der Waals surface area contributed by atoms with Crippen molar-refractivity contribution in [2.24, 2.45) is 0 Å². The van der Waals surface area contributed by atoms with Crippen molar-refractivity contribution >= 4 is 16.9 Å². The molecule has 3 heterocycles. The molecule has 2 aromatic carbocycles. The Bertz CT molecular complexity index is 1260. The van der Waals surface area contributed by atoms with Crippen LogP contribution in [-0.4, -0.2) is 14.5 Å². The van der Waals surface area contributed by atoms with E-state index in [-0.39, 0.29) is 0 Å². The lowest BCUT2D eigenvalue weighted by molar-refractivity contribution is 0.518. The summed E-state index contributed by atoms with van der Waals surface area (Å²) in [5.74, 6) is 1.65. The Morgan fingerprint density at radius 3 is 2.55 bits per heavy atom. The molecule has 5 nitrogen and oxygen atoms in total. The summed E-state index contributed by atoms with van der Waals surface area (Å²) >= 11 is 0. The Balaban J connectivity index is 1.71. The van der Waals surface area contributed by atoms with E-state index in [1.54, 1.807) is 12.6 Å². The van der Waals surface area contributed by atoms with Crippen LogP contribution in [0, 0.1) is 6.92 Å². The molecule has 0 radical (unpaired) electrons. The summed E-state index contributed by atoms with van der Waals surface area (Å²) in [5, 5.41) is 4.42. The first-order valence-corrected chi connectivity index (χ1v) is 9.55. The highest BCUT2D eigenvalue weighted by atomic mass is 16.3. The number of rotatable bonds is 5. The second-order valence-corrected chi connectivity index (χ2v) is 6.92. The van der Waals surface area contributed by atoms with Gasteiger partial charge in [-0.2, -0.15) is 0 Å².